The molecule has 1 aromatic heterocycles. The molecule has 1 N–H and O–H groups in total. The number of hydrogen-bond acceptors (Lipinski definition) is 4. The van der Waals surface area contributed by atoms with Crippen LogP contribution in [-0.2, 0) is 0 Å². The summed E-state index contributed by atoms with van der Waals surface area (Å²) in [6.07, 6.45) is 5.42. The van der Waals surface area contributed by atoms with Crippen molar-refractivity contribution in [2.24, 2.45) is 5.92 Å². The summed E-state index contributed by atoms with van der Waals surface area (Å²) in [5.41, 5.74) is 0. The van der Waals surface area contributed by atoms with Crippen molar-refractivity contribution in [2.45, 2.75) is 12.8 Å². The molecule has 0 saturated carbocycles. The molecule has 2 rings (SSSR count). The Bertz CT molecular complexity index is 301. The minimum Gasteiger partial charge on any atom is -0.463 e. The summed E-state index contributed by atoms with van der Waals surface area (Å²) in [7, 11) is 0. The maximum atomic E-state index is 5.67. The third kappa shape index (κ3) is 4.12. The highest BCUT2D eigenvalue weighted by Gasteiger charge is 2.13. The normalized spacial score (nSPS) is 16.6. The van der Waals surface area contributed by atoms with E-state index >= 15 is 0 Å². The standard InChI is InChI=1S/C10H14ClN3O.ClH/c11-9-5-13-10(14-6-9)15-7-8-1-3-12-4-2-8;/h5-6,8,12H,1-4,7H2;1H. The maximum Gasteiger partial charge on any atom is 0.316 e. The summed E-state index contributed by atoms with van der Waals surface area (Å²) < 4.78 is 5.49. The Kier molecular flexibility index (Phi) is 5.80. The molecule has 0 aromatic carbocycles. The first kappa shape index (κ1) is 13.5. The van der Waals surface area contributed by atoms with Gasteiger partial charge in [0, 0.05) is 0 Å². The van der Waals surface area contributed by atoms with Gasteiger partial charge in [-0.1, -0.05) is 11.6 Å². The van der Waals surface area contributed by atoms with Crippen LogP contribution in [0.3, 0.4) is 0 Å². The molecular formula is C10H15Cl2N3O. The van der Waals surface area contributed by atoms with Gasteiger partial charge in [0.25, 0.3) is 0 Å². The van der Waals surface area contributed by atoms with Gasteiger partial charge in [0.1, 0.15) is 0 Å². The van der Waals surface area contributed by atoms with Crippen molar-refractivity contribution in [3.05, 3.63) is 17.4 Å². The molecule has 6 heteroatoms. The Morgan fingerprint density at radius 1 is 1.31 bits per heavy atom. The van der Waals surface area contributed by atoms with Gasteiger partial charge in [-0.2, -0.15) is 0 Å². The largest absolute Gasteiger partial charge is 0.463 e. The second-order valence-electron chi connectivity index (χ2n) is 3.69. The van der Waals surface area contributed by atoms with E-state index in [2.05, 4.69) is 15.3 Å². The molecule has 1 saturated heterocycles. The highest BCUT2D eigenvalue weighted by atomic mass is 35.5. The Morgan fingerprint density at radius 2 is 1.94 bits per heavy atom. The third-order valence-corrected chi connectivity index (χ3v) is 2.70. The highest BCUT2D eigenvalue weighted by molar-refractivity contribution is 6.30. The van der Waals surface area contributed by atoms with Gasteiger partial charge in [0.15, 0.2) is 0 Å². The molecule has 0 radical (unpaired) electrons. The molecule has 0 aliphatic carbocycles. The van der Waals surface area contributed by atoms with Crippen LogP contribution in [0.1, 0.15) is 12.8 Å². The second-order valence-corrected chi connectivity index (χ2v) is 4.12. The molecule has 1 aliphatic rings. The van der Waals surface area contributed by atoms with Gasteiger partial charge in [-0.25, -0.2) is 9.97 Å². The third-order valence-electron chi connectivity index (χ3n) is 2.50. The van der Waals surface area contributed by atoms with E-state index in [1.54, 1.807) is 12.4 Å². The van der Waals surface area contributed by atoms with Crippen LogP contribution >= 0.6 is 24.0 Å². The number of nitrogens with one attached hydrogen (secondary N) is 1. The van der Waals surface area contributed by atoms with Crippen LogP contribution in [0.4, 0.5) is 0 Å². The summed E-state index contributed by atoms with van der Waals surface area (Å²) >= 11 is 5.67. The fourth-order valence-corrected chi connectivity index (χ4v) is 1.71. The van der Waals surface area contributed by atoms with Crippen LogP contribution in [0.15, 0.2) is 12.4 Å². The van der Waals surface area contributed by atoms with Crippen LogP contribution in [-0.4, -0.2) is 29.7 Å². The van der Waals surface area contributed by atoms with Gasteiger partial charge in [0.05, 0.1) is 24.0 Å². The fourth-order valence-electron chi connectivity index (χ4n) is 1.62. The number of ether oxygens (including phenoxy) is 1. The zero-order valence-corrected chi connectivity index (χ0v) is 10.4. The second kappa shape index (κ2) is 6.89. The maximum absolute atomic E-state index is 5.67. The quantitative estimate of drug-likeness (QED) is 0.906. The molecule has 16 heavy (non-hydrogen) atoms. The zero-order chi connectivity index (χ0) is 10.5. The lowest BCUT2D eigenvalue weighted by Crippen LogP contribution is -2.30. The van der Waals surface area contributed by atoms with Crippen molar-refractivity contribution in [1.29, 1.82) is 0 Å². The van der Waals surface area contributed by atoms with Gasteiger partial charge in [-0.15, -0.1) is 12.4 Å². The molecule has 0 amide bonds. The van der Waals surface area contributed by atoms with Crippen LogP contribution in [0.2, 0.25) is 5.02 Å². The smallest absolute Gasteiger partial charge is 0.316 e. The lowest BCUT2D eigenvalue weighted by Gasteiger charge is -2.21. The number of rotatable bonds is 3. The van der Waals surface area contributed by atoms with Crippen LogP contribution < -0.4 is 10.1 Å². The topological polar surface area (TPSA) is 47.0 Å². The molecule has 0 unspecified atom stereocenters. The first-order valence-corrected chi connectivity index (χ1v) is 5.53. The first-order valence-electron chi connectivity index (χ1n) is 5.15. The summed E-state index contributed by atoms with van der Waals surface area (Å²) in [6.45, 7) is 2.86. The molecule has 1 aliphatic heterocycles. The average Bonchev–Trinajstić information content (AvgIpc) is 2.30. The minimum absolute atomic E-state index is 0. The van der Waals surface area contributed by atoms with Gasteiger partial charge >= 0.3 is 6.01 Å². The summed E-state index contributed by atoms with van der Waals surface area (Å²) in [4.78, 5) is 7.96. The van der Waals surface area contributed by atoms with Crippen molar-refractivity contribution in [2.75, 3.05) is 19.7 Å². The molecular weight excluding hydrogens is 249 g/mol. The Balaban J connectivity index is 0.00000128. The van der Waals surface area contributed by atoms with Gasteiger partial charge in [-0.3, -0.25) is 0 Å². The molecule has 0 atom stereocenters. The van der Waals surface area contributed by atoms with Crippen molar-refractivity contribution >= 4 is 24.0 Å². The first-order chi connectivity index (χ1) is 7.34. The zero-order valence-electron chi connectivity index (χ0n) is 8.86. The van der Waals surface area contributed by atoms with Crippen LogP contribution in [0.5, 0.6) is 6.01 Å². The SMILES string of the molecule is Cl.Clc1cnc(OCC2CCNCC2)nc1. The number of piperidine rings is 1. The number of nitrogens with zero attached hydrogens (tertiary/aromatic N) is 2. The lowest BCUT2D eigenvalue weighted by molar-refractivity contribution is 0.202. The van der Waals surface area contributed by atoms with Gasteiger partial charge in [-0.05, 0) is 31.8 Å². The molecule has 0 bridgehead atoms. The Labute approximate surface area is 106 Å². The van der Waals surface area contributed by atoms with E-state index in [-0.39, 0.29) is 12.4 Å². The number of aromatic nitrogens is 2. The molecule has 1 fully saturated rings. The summed E-state index contributed by atoms with van der Waals surface area (Å²) in [6, 6.07) is 0.415. The van der Waals surface area contributed by atoms with Crippen molar-refractivity contribution in [3.63, 3.8) is 0 Å². The summed E-state index contributed by atoms with van der Waals surface area (Å²) in [5.74, 6) is 0.616. The van der Waals surface area contributed by atoms with E-state index < -0.39 is 0 Å². The van der Waals surface area contributed by atoms with Crippen molar-refractivity contribution < 1.29 is 4.74 Å². The van der Waals surface area contributed by atoms with E-state index in [1.165, 1.54) is 0 Å². The molecule has 2 heterocycles. The van der Waals surface area contributed by atoms with E-state index in [9.17, 15) is 0 Å². The Hall–Kier alpha value is -0.580. The number of hydrogen-bond donors (Lipinski definition) is 1. The van der Waals surface area contributed by atoms with Crippen LogP contribution in [0.25, 0.3) is 0 Å². The minimum atomic E-state index is 0. The fraction of sp³-hybridized carbons (Fsp3) is 0.600. The molecule has 1 aromatic rings. The molecule has 90 valence electrons. The molecule has 0 spiro atoms. The van der Waals surface area contributed by atoms with Crippen LogP contribution in [0, 0.1) is 5.92 Å². The average molecular weight is 264 g/mol. The monoisotopic (exact) mass is 263 g/mol. The molecule has 4 nitrogen and oxygen atoms in total. The lowest BCUT2D eigenvalue weighted by atomic mass is 9.99. The summed E-state index contributed by atoms with van der Waals surface area (Å²) in [5, 5.41) is 3.85. The van der Waals surface area contributed by atoms with E-state index in [1.807, 2.05) is 0 Å². The van der Waals surface area contributed by atoms with Crippen molar-refractivity contribution in [3.8, 4) is 6.01 Å². The number of halogens is 2. The van der Waals surface area contributed by atoms with E-state index in [0.29, 0.717) is 23.6 Å². The van der Waals surface area contributed by atoms with Gasteiger partial charge in [0.2, 0.25) is 0 Å². The Morgan fingerprint density at radius 3 is 2.56 bits per heavy atom. The highest BCUT2D eigenvalue weighted by Crippen LogP contribution is 2.13. The van der Waals surface area contributed by atoms with E-state index in [4.69, 9.17) is 16.3 Å². The predicted octanol–water partition coefficient (Wildman–Crippen LogP) is 1.93. The van der Waals surface area contributed by atoms with Gasteiger partial charge < -0.3 is 10.1 Å². The van der Waals surface area contributed by atoms with Crippen molar-refractivity contribution in [1.82, 2.24) is 15.3 Å². The van der Waals surface area contributed by atoms with E-state index in [0.717, 1.165) is 25.9 Å². The predicted molar refractivity (Wildman–Crippen MR) is 65.4 cm³/mol.